The van der Waals surface area contributed by atoms with Gasteiger partial charge in [0.05, 0.1) is 5.69 Å². The van der Waals surface area contributed by atoms with Crippen LogP contribution in [0.1, 0.15) is 17.6 Å². The summed E-state index contributed by atoms with van der Waals surface area (Å²) in [6.45, 7) is 1.91. The Bertz CT molecular complexity index is 524. The van der Waals surface area contributed by atoms with Gasteiger partial charge in [0.15, 0.2) is 0 Å². The molecule has 1 aromatic heterocycles. The second-order valence-corrected chi connectivity index (χ2v) is 3.86. The number of halogens is 1. The number of aromatic nitrogens is 2. The minimum atomic E-state index is -0.823. The van der Waals surface area contributed by atoms with Crippen LogP contribution in [-0.4, -0.2) is 21.6 Å². The maximum Gasteiger partial charge on any atom is 0.137 e. The highest BCUT2D eigenvalue weighted by Gasteiger charge is 2.14. The number of imidazole rings is 1. The number of hydrogen-bond donors (Lipinski definition) is 3. The van der Waals surface area contributed by atoms with Crippen molar-refractivity contribution in [1.82, 2.24) is 9.97 Å². The van der Waals surface area contributed by atoms with Crippen LogP contribution in [0, 0.1) is 12.7 Å². The Kier molecular flexibility index (Phi) is 3.21. The summed E-state index contributed by atoms with van der Waals surface area (Å²) in [7, 11) is 0. The molecular weight excluding hydrogens is 221 g/mol. The fraction of sp³-hybridized carbons (Fsp3) is 0.250. The molecule has 1 unspecified atom stereocenters. The third kappa shape index (κ3) is 2.35. The van der Waals surface area contributed by atoms with Crippen molar-refractivity contribution < 1.29 is 9.50 Å². The van der Waals surface area contributed by atoms with Crippen molar-refractivity contribution in [2.24, 2.45) is 5.73 Å². The zero-order chi connectivity index (χ0) is 12.4. The Hall–Kier alpha value is -1.72. The van der Waals surface area contributed by atoms with E-state index in [0.717, 1.165) is 5.69 Å². The van der Waals surface area contributed by atoms with Crippen LogP contribution in [0.3, 0.4) is 0 Å². The summed E-state index contributed by atoms with van der Waals surface area (Å²) in [6.07, 6.45) is -0.823. The fourth-order valence-corrected chi connectivity index (χ4v) is 1.67. The Morgan fingerprint density at radius 1 is 1.53 bits per heavy atom. The predicted octanol–water partition coefficient (Wildman–Crippen LogP) is 1.52. The number of benzene rings is 1. The Morgan fingerprint density at radius 3 is 2.94 bits per heavy atom. The van der Waals surface area contributed by atoms with E-state index in [4.69, 9.17) is 5.73 Å². The minimum Gasteiger partial charge on any atom is -0.384 e. The number of rotatable bonds is 3. The summed E-state index contributed by atoms with van der Waals surface area (Å²) in [5, 5.41) is 9.58. The number of aryl methyl sites for hydroxylation is 1. The monoisotopic (exact) mass is 235 g/mol. The fourth-order valence-electron chi connectivity index (χ4n) is 1.67. The van der Waals surface area contributed by atoms with Crippen molar-refractivity contribution >= 4 is 0 Å². The lowest BCUT2D eigenvalue weighted by atomic mass is 10.1. The van der Waals surface area contributed by atoms with Gasteiger partial charge in [-0.15, -0.1) is 0 Å². The molecule has 0 fully saturated rings. The Balaban J connectivity index is 2.42. The number of aliphatic hydroxyl groups excluding tert-OH is 1. The highest BCUT2D eigenvalue weighted by Crippen LogP contribution is 2.23. The number of aromatic amines is 1. The molecule has 4 N–H and O–H groups in total. The molecule has 90 valence electrons. The minimum absolute atomic E-state index is 0.0928. The lowest BCUT2D eigenvalue weighted by molar-refractivity contribution is 0.177. The van der Waals surface area contributed by atoms with Gasteiger partial charge in [0.2, 0.25) is 0 Å². The quantitative estimate of drug-likeness (QED) is 0.755. The van der Waals surface area contributed by atoms with Crippen molar-refractivity contribution in [3.63, 3.8) is 0 Å². The second-order valence-electron chi connectivity index (χ2n) is 3.86. The topological polar surface area (TPSA) is 74.9 Å². The van der Waals surface area contributed by atoms with Crippen LogP contribution in [0.15, 0.2) is 24.3 Å². The van der Waals surface area contributed by atoms with Crippen LogP contribution in [0.2, 0.25) is 0 Å². The van der Waals surface area contributed by atoms with E-state index >= 15 is 0 Å². The molecule has 5 heteroatoms. The first-order valence-electron chi connectivity index (χ1n) is 5.32. The molecule has 0 aliphatic carbocycles. The van der Waals surface area contributed by atoms with Gasteiger partial charge in [0.1, 0.15) is 17.7 Å². The molecule has 0 spiro atoms. The molecule has 1 heterocycles. The Morgan fingerprint density at radius 2 is 2.29 bits per heavy atom. The van der Waals surface area contributed by atoms with Gasteiger partial charge in [-0.25, -0.2) is 9.37 Å². The lowest BCUT2D eigenvalue weighted by Gasteiger charge is -2.01. The molecule has 0 bridgehead atoms. The average molecular weight is 235 g/mol. The van der Waals surface area contributed by atoms with Crippen molar-refractivity contribution in [2.75, 3.05) is 6.54 Å². The lowest BCUT2D eigenvalue weighted by Crippen LogP contribution is -2.12. The first-order valence-corrected chi connectivity index (χ1v) is 5.32. The van der Waals surface area contributed by atoms with Crippen LogP contribution in [0.25, 0.3) is 11.3 Å². The van der Waals surface area contributed by atoms with Crippen molar-refractivity contribution in [3.05, 3.63) is 41.6 Å². The first kappa shape index (κ1) is 11.8. The van der Waals surface area contributed by atoms with Crippen molar-refractivity contribution in [3.8, 4) is 11.3 Å². The molecule has 4 nitrogen and oxygen atoms in total. The predicted molar refractivity (Wildman–Crippen MR) is 62.7 cm³/mol. The smallest absolute Gasteiger partial charge is 0.137 e. The third-order valence-electron chi connectivity index (χ3n) is 2.54. The SMILES string of the molecule is Cc1[nH]c(C(O)CN)nc1-c1cccc(F)c1. The highest BCUT2D eigenvalue weighted by atomic mass is 19.1. The van der Waals surface area contributed by atoms with E-state index in [1.807, 2.05) is 6.92 Å². The van der Waals surface area contributed by atoms with E-state index in [1.54, 1.807) is 12.1 Å². The molecule has 0 saturated heterocycles. The number of aliphatic hydroxyl groups is 1. The molecule has 2 rings (SSSR count). The van der Waals surface area contributed by atoms with Crippen molar-refractivity contribution in [2.45, 2.75) is 13.0 Å². The molecule has 0 radical (unpaired) electrons. The number of hydrogen-bond acceptors (Lipinski definition) is 3. The van der Waals surface area contributed by atoms with Gasteiger partial charge in [0.25, 0.3) is 0 Å². The normalized spacial score (nSPS) is 12.7. The van der Waals surface area contributed by atoms with Gasteiger partial charge in [-0.3, -0.25) is 0 Å². The van der Waals surface area contributed by atoms with E-state index in [1.165, 1.54) is 12.1 Å². The summed E-state index contributed by atoms with van der Waals surface area (Å²) in [5.41, 5.74) is 7.44. The van der Waals surface area contributed by atoms with Crippen LogP contribution in [-0.2, 0) is 0 Å². The maximum atomic E-state index is 13.1. The molecule has 2 aromatic rings. The third-order valence-corrected chi connectivity index (χ3v) is 2.54. The summed E-state index contributed by atoms with van der Waals surface area (Å²) in [6, 6.07) is 6.17. The van der Waals surface area contributed by atoms with Crippen LogP contribution in [0.4, 0.5) is 4.39 Å². The van der Waals surface area contributed by atoms with Crippen LogP contribution < -0.4 is 5.73 Å². The largest absolute Gasteiger partial charge is 0.384 e. The molecule has 0 aliphatic heterocycles. The average Bonchev–Trinajstić information content (AvgIpc) is 2.70. The standard InChI is InChI=1S/C12H14FN3O/c1-7-11(8-3-2-4-9(13)5-8)16-12(15-7)10(17)6-14/h2-5,10,17H,6,14H2,1H3,(H,15,16). The summed E-state index contributed by atoms with van der Waals surface area (Å²) in [5.74, 6) is 0.0927. The summed E-state index contributed by atoms with van der Waals surface area (Å²) < 4.78 is 13.1. The van der Waals surface area contributed by atoms with Gasteiger partial charge < -0.3 is 15.8 Å². The van der Waals surface area contributed by atoms with Gasteiger partial charge >= 0.3 is 0 Å². The second kappa shape index (κ2) is 4.65. The van der Waals surface area contributed by atoms with Gasteiger partial charge in [-0.05, 0) is 19.1 Å². The van der Waals surface area contributed by atoms with E-state index in [2.05, 4.69) is 9.97 Å². The van der Waals surface area contributed by atoms with E-state index in [9.17, 15) is 9.50 Å². The summed E-state index contributed by atoms with van der Waals surface area (Å²) >= 11 is 0. The van der Waals surface area contributed by atoms with E-state index < -0.39 is 6.10 Å². The van der Waals surface area contributed by atoms with Crippen LogP contribution >= 0.6 is 0 Å². The maximum absolute atomic E-state index is 13.1. The first-order chi connectivity index (χ1) is 8.11. The molecule has 0 saturated carbocycles. The number of H-pyrrole nitrogens is 1. The Labute approximate surface area is 98.3 Å². The number of nitrogens with two attached hydrogens (primary N) is 1. The number of nitrogens with one attached hydrogen (secondary N) is 1. The highest BCUT2D eigenvalue weighted by molar-refractivity contribution is 5.61. The molecule has 0 aliphatic rings. The molecule has 1 atom stereocenters. The molecular formula is C12H14FN3O. The van der Waals surface area contributed by atoms with Gasteiger partial charge in [-0.2, -0.15) is 0 Å². The summed E-state index contributed by atoms with van der Waals surface area (Å²) in [4.78, 5) is 7.19. The molecule has 0 amide bonds. The molecule has 17 heavy (non-hydrogen) atoms. The van der Waals surface area contributed by atoms with Crippen molar-refractivity contribution in [1.29, 1.82) is 0 Å². The molecule has 1 aromatic carbocycles. The van der Waals surface area contributed by atoms with E-state index in [0.29, 0.717) is 17.1 Å². The van der Waals surface area contributed by atoms with Crippen LogP contribution in [0.5, 0.6) is 0 Å². The van der Waals surface area contributed by atoms with Gasteiger partial charge in [-0.1, -0.05) is 12.1 Å². The zero-order valence-electron chi connectivity index (χ0n) is 9.44. The zero-order valence-corrected chi connectivity index (χ0v) is 9.44. The number of nitrogens with zero attached hydrogens (tertiary/aromatic N) is 1. The van der Waals surface area contributed by atoms with E-state index in [-0.39, 0.29) is 12.4 Å². The van der Waals surface area contributed by atoms with Gasteiger partial charge in [0, 0.05) is 17.8 Å².